The molecule has 106 valence electrons. The topological polar surface area (TPSA) is 42.2 Å². The summed E-state index contributed by atoms with van der Waals surface area (Å²) in [7, 11) is 0. The molecule has 1 fully saturated rings. The van der Waals surface area contributed by atoms with Crippen molar-refractivity contribution in [3.63, 3.8) is 0 Å². The largest absolute Gasteiger partial charge is 0.338 e. The van der Waals surface area contributed by atoms with Gasteiger partial charge < -0.3 is 4.52 Å². The number of rotatable bonds is 3. The van der Waals surface area contributed by atoms with Crippen molar-refractivity contribution in [3.8, 4) is 11.4 Å². The molecule has 0 unspecified atom stereocenters. The maximum atomic E-state index is 5.88. The Kier molecular flexibility index (Phi) is 4.03. The van der Waals surface area contributed by atoms with Crippen molar-refractivity contribution in [1.29, 1.82) is 0 Å². The van der Waals surface area contributed by atoms with Gasteiger partial charge in [0.25, 0.3) is 0 Å². The first-order chi connectivity index (χ1) is 9.72. The molecule has 1 atom stereocenters. The summed E-state index contributed by atoms with van der Waals surface area (Å²) in [6.07, 6.45) is 3.82. The van der Waals surface area contributed by atoms with Crippen LogP contribution >= 0.6 is 11.6 Å². The highest BCUT2D eigenvalue weighted by Gasteiger charge is 2.20. The molecule has 1 aromatic carbocycles. The number of aromatic nitrogens is 2. The molecular weight excluding hydrogens is 274 g/mol. The zero-order chi connectivity index (χ0) is 13.9. The Morgan fingerprint density at radius 3 is 2.85 bits per heavy atom. The monoisotopic (exact) mass is 291 g/mol. The standard InChI is InChI=1S/C15H18ClN3O/c1-11-4-2-3-9-19(11)10-14-17-15(18-20-14)12-5-7-13(16)8-6-12/h5-8,11H,2-4,9-10H2,1H3/t11-/m0/s1. The van der Waals surface area contributed by atoms with E-state index in [0.717, 1.165) is 18.7 Å². The average Bonchev–Trinajstić information content (AvgIpc) is 2.91. The maximum absolute atomic E-state index is 5.88. The minimum atomic E-state index is 0.592. The summed E-state index contributed by atoms with van der Waals surface area (Å²) in [5.41, 5.74) is 0.927. The molecule has 0 N–H and O–H groups in total. The highest BCUT2D eigenvalue weighted by Crippen LogP contribution is 2.21. The summed E-state index contributed by atoms with van der Waals surface area (Å²) < 4.78 is 5.36. The summed E-state index contributed by atoms with van der Waals surface area (Å²) in [6, 6.07) is 8.06. The van der Waals surface area contributed by atoms with Gasteiger partial charge in [-0.05, 0) is 50.6 Å². The zero-order valence-corrected chi connectivity index (χ0v) is 12.3. The van der Waals surface area contributed by atoms with Crippen LogP contribution in [0.2, 0.25) is 5.02 Å². The molecule has 20 heavy (non-hydrogen) atoms. The molecule has 2 aromatic rings. The first-order valence-corrected chi connectivity index (χ1v) is 7.43. The first-order valence-electron chi connectivity index (χ1n) is 7.05. The van der Waals surface area contributed by atoms with Gasteiger partial charge in [-0.25, -0.2) is 0 Å². The predicted octanol–water partition coefficient (Wildman–Crippen LogP) is 3.76. The zero-order valence-electron chi connectivity index (χ0n) is 11.6. The van der Waals surface area contributed by atoms with Gasteiger partial charge in [0.15, 0.2) is 0 Å². The van der Waals surface area contributed by atoms with Crippen molar-refractivity contribution in [1.82, 2.24) is 15.0 Å². The molecule has 1 aromatic heterocycles. The van der Waals surface area contributed by atoms with Crippen LogP contribution < -0.4 is 0 Å². The summed E-state index contributed by atoms with van der Waals surface area (Å²) in [4.78, 5) is 6.88. The van der Waals surface area contributed by atoms with Crippen molar-refractivity contribution in [2.75, 3.05) is 6.54 Å². The van der Waals surface area contributed by atoms with Crippen LogP contribution in [-0.2, 0) is 6.54 Å². The van der Waals surface area contributed by atoms with Gasteiger partial charge in [0, 0.05) is 16.6 Å². The Balaban J connectivity index is 1.71. The SMILES string of the molecule is C[C@H]1CCCCN1Cc1nc(-c2ccc(Cl)cc2)no1. The van der Waals surface area contributed by atoms with Gasteiger partial charge in [0.2, 0.25) is 11.7 Å². The molecule has 0 saturated carbocycles. The van der Waals surface area contributed by atoms with E-state index in [-0.39, 0.29) is 0 Å². The van der Waals surface area contributed by atoms with E-state index >= 15 is 0 Å². The van der Waals surface area contributed by atoms with Crippen LogP contribution in [-0.4, -0.2) is 27.6 Å². The van der Waals surface area contributed by atoms with E-state index in [2.05, 4.69) is 22.0 Å². The van der Waals surface area contributed by atoms with Crippen molar-refractivity contribution < 1.29 is 4.52 Å². The van der Waals surface area contributed by atoms with Crippen LogP contribution in [0.4, 0.5) is 0 Å². The van der Waals surface area contributed by atoms with Gasteiger partial charge in [-0.1, -0.05) is 23.2 Å². The Bertz CT molecular complexity index is 567. The van der Waals surface area contributed by atoms with Crippen molar-refractivity contribution >= 4 is 11.6 Å². The Morgan fingerprint density at radius 2 is 2.10 bits per heavy atom. The average molecular weight is 292 g/mol. The van der Waals surface area contributed by atoms with E-state index in [0.29, 0.717) is 22.8 Å². The minimum absolute atomic E-state index is 0.592. The number of halogens is 1. The fourth-order valence-electron chi connectivity index (χ4n) is 2.60. The quantitative estimate of drug-likeness (QED) is 0.863. The van der Waals surface area contributed by atoms with Crippen LogP contribution in [0.1, 0.15) is 32.1 Å². The second kappa shape index (κ2) is 5.94. The van der Waals surface area contributed by atoms with E-state index in [1.165, 1.54) is 19.3 Å². The van der Waals surface area contributed by atoms with E-state index in [9.17, 15) is 0 Å². The molecule has 0 bridgehead atoms. The number of likely N-dealkylation sites (tertiary alicyclic amines) is 1. The van der Waals surface area contributed by atoms with E-state index in [1.807, 2.05) is 24.3 Å². The van der Waals surface area contributed by atoms with Crippen molar-refractivity contribution in [3.05, 3.63) is 35.2 Å². The van der Waals surface area contributed by atoms with Crippen LogP contribution in [0.15, 0.2) is 28.8 Å². The molecule has 0 spiro atoms. The Morgan fingerprint density at radius 1 is 1.30 bits per heavy atom. The second-order valence-corrected chi connectivity index (χ2v) is 5.77. The van der Waals surface area contributed by atoms with E-state index in [1.54, 1.807) is 0 Å². The van der Waals surface area contributed by atoms with Crippen LogP contribution in [0.25, 0.3) is 11.4 Å². The predicted molar refractivity (Wildman–Crippen MR) is 78.5 cm³/mol. The molecule has 1 saturated heterocycles. The lowest BCUT2D eigenvalue weighted by molar-refractivity contribution is 0.135. The first kappa shape index (κ1) is 13.6. The van der Waals surface area contributed by atoms with Crippen LogP contribution in [0.5, 0.6) is 0 Å². The molecule has 0 radical (unpaired) electrons. The molecule has 1 aliphatic rings. The third-order valence-electron chi connectivity index (χ3n) is 3.85. The van der Waals surface area contributed by atoms with Crippen molar-refractivity contribution in [2.45, 2.75) is 38.8 Å². The summed E-state index contributed by atoms with van der Waals surface area (Å²) in [5.74, 6) is 1.31. The highest BCUT2D eigenvalue weighted by molar-refractivity contribution is 6.30. The second-order valence-electron chi connectivity index (χ2n) is 5.33. The Labute approximate surface area is 123 Å². The smallest absolute Gasteiger partial charge is 0.241 e. The molecule has 0 amide bonds. The van der Waals surface area contributed by atoms with Gasteiger partial charge in [-0.15, -0.1) is 0 Å². The minimum Gasteiger partial charge on any atom is -0.338 e. The van der Waals surface area contributed by atoms with Crippen LogP contribution in [0.3, 0.4) is 0 Å². The molecule has 1 aliphatic heterocycles. The summed E-state index contributed by atoms with van der Waals surface area (Å²) >= 11 is 5.88. The fraction of sp³-hybridized carbons (Fsp3) is 0.467. The maximum Gasteiger partial charge on any atom is 0.241 e. The molecule has 4 nitrogen and oxygen atoms in total. The van der Waals surface area contributed by atoms with Gasteiger partial charge >= 0.3 is 0 Å². The molecular formula is C15H18ClN3O. The normalized spacial score (nSPS) is 20.2. The third-order valence-corrected chi connectivity index (χ3v) is 4.10. The lowest BCUT2D eigenvalue weighted by Gasteiger charge is -2.31. The van der Waals surface area contributed by atoms with E-state index < -0.39 is 0 Å². The number of benzene rings is 1. The molecule has 2 heterocycles. The third kappa shape index (κ3) is 3.02. The van der Waals surface area contributed by atoms with Gasteiger partial charge in [-0.2, -0.15) is 4.98 Å². The highest BCUT2D eigenvalue weighted by atomic mass is 35.5. The molecule has 3 rings (SSSR count). The Hall–Kier alpha value is -1.39. The lowest BCUT2D eigenvalue weighted by Crippen LogP contribution is -2.36. The van der Waals surface area contributed by atoms with Crippen LogP contribution in [0, 0.1) is 0 Å². The number of hydrogen-bond donors (Lipinski definition) is 0. The lowest BCUT2D eigenvalue weighted by atomic mass is 10.0. The number of piperidine rings is 1. The van der Waals surface area contributed by atoms with Gasteiger partial charge in [0.05, 0.1) is 6.54 Å². The van der Waals surface area contributed by atoms with E-state index in [4.69, 9.17) is 16.1 Å². The fourth-order valence-corrected chi connectivity index (χ4v) is 2.73. The molecule has 5 heteroatoms. The van der Waals surface area contributed by atoms with Crippen molar-refractivity contribution in [2.24, 2.45) is 0 Å². The summed E-state index contributed by atoms with van der Waals surface area (Å²) in [5, 5.41) is 4.76. The summed E-state index contributed by atoms with van der Waals surface area (Å²) in [6.45, 7) is 4.11. The molecule has 0 aliphatic carbocycles. The number of nitrogens with zero attached hydrogens (tertiary/aromatic N) is 3. The number of hydrogen-bond acceptors (Lipinski definition) is 4. The van der Waals surface area contributed by atoms with Gasteiger partial charge in [-0.3, -0.25) is 4.90 Å². The van der Waals surface area contributed by atoms with Gasteiger partial charge in [0.1, 0.15) is 0 Å².